The van der Waals surface area contributed by atoms with Crippen LogP contribution in [-0.2, 0) is 13.0 Å². The van der Waals surface area contributed by atoms with Crippen LogP contribution in [0.5, 0.6) is 11.5 Å². The van der Waals surface area contributed by atoms with E-state index in [9.17, 15) is 5.11 Å². The van der Waals surface area contributed by atoms with Gasteiger partial charge in [-0.15, -0.1) is 0 Å². The lowest BCUT2D eigenvalue weighted by molar-refractivity contribution is 0.278. The zero-order valence-electron chi connectivity index (χ0n) is 20.1. The highest BCUT2D eigenvalue weighted by Gasteiger charge is 2.16. The molecule has 1 atom stereocenters. The number of benzene rings is 2. The molecule has 0 aliphatic heterocycles. The fraction of sp³-hybridized carbons (Fsp3) is 0.538. The zero-order chi connectivity index (χ0) is 22.5. The largest absolute Gasteiger partial charge is 0.493 e. The number of methoxy groups -OCH3 is 2. The number of aliphatic hydroxyl groups excluding tert-OH is 1. The zero-order valence-corrected chi connectivity index (χ0v) is 21.5. The second-order valence-corrected chi connectivity index (χ2v) is 10.7. The van der Waals surface area contributed by atoms with E-state index in [1.165, 1.54) is 16.1 Å². The standard InChI is InChI=1S/C18H22O3.2C4H9.Al.H/c1-13(9-14-7-5-4-6-8-14)16-11-18(21-3)17(20-2)10-15(16)12-19;2*1-4(2)3;;/h4-8,10-11,13,19H,9,12H2,1-3H3;2*4H,1H2,2-3H3;;. The molecule has 0 fully saturated rings. The summed E-state index contributed by atoms with van der Waals surface area (Å²) in [6.45, 7) is 11.5. The first-order valence-electron chi connectivity index (χ1n) is 11.2. The molecule has 30 heavy (non-hydrogen) atoms. The molecule has 0 amide bonds. The van der Waals surface area contributed by atoms with Crippen molar-refractivity contribution in [2.75, 3.05) is 14.2 Å². The second kappa shape index (κ2) is 14.5. The van der Waals surface area contributed by atoms with Gasteiger partial charge in [0, 0.05) is 0 Å². The lowest BCUT2D eigenvalue weighted by Crippen LogP contribution is -2.05. The Morgan fingerprint density at radius 1 is 0.833 bits per heavy atom. The van der Waals surface area contributed by atoms with Crippen LogP contribution in [0.4, 0.5) is 0 Å². The lowest BCUT2D eigenvalue weighted by atomic mass is 9.90. The second-order valence-electron chi connectivity index (χ2n) is 8.87. The summed E-state index contributed by atoms with van der Waals surface area (Å²) in [6.07, 6.45) is 0.920. The van der Waals surface area contributed by atoms with Gasteiger partial charge in [0.15, 0.2) is 11.5 Å². The molecule has 4 heteroatoms. The van der Waals surface area contributed by atoms with Crippen molar-refractivity contribution < 1.29 is 14.6 Å². The van der Waals surface area contributed by atoms with Crippen molar-refractivity contribution in [2.45, 2.75) is 64.1 Å². The molecule has 0 heterocycles. The van der Waals surface area contributed by atoms with Gasteiger partial charge in [-0.05, 0) is 41.2 Å². The Labute approximate surface area is 190 Å². The molecule has 0 aromatic heterocycles. The summed E-state index contributed by atoms with van der Waals surface area (Å²) in [7, 11) is 3.23. The van der Waals surface area contributed by atoms with Gasteiger partial charge in [-0.25, -0.2) is 0 Å². The van der Waals surface area contributed by atoms with Crippen molar-refractivity contribution in [3.63, 3.8) is 0 Å². The van der Waals surface area contributed by atoms with E-state index in [2.05, 4.69) is 46.8 Å². The monoisotopic (exact) mass is 428 g/mol. The van der Waals surface area contributed by atoms with Gasteiger partial charge in [0.1, 0.15) is 0 Å². The van der Waals surface area contributed by atoms with E-state index in [4.69, 9.17) is 9.47 Å². The van der Waals surface area contributed by atoms with E-state index in [0.717, 1.165) is 29.4 Å². The normalized spacial score (nSPS) is 11.7. The Hall–Kier alpha value is -1.47. The molecule has 166 valence electrons. The van der Waals surface area contributed by atoms with Gasteiger partial charge in [-0.2, -0.15) is 0 Å². The van der Waals surface area contributed by atoms with E-state index >= 15 is 0 Å². The van der Waals surface area contributed by atoms with E-state index in [0.29, 0.717) is 26.7 Å². The maximum absolute atomic E-state index is 9.62. The van der Waals surface area contributed by atoms with Crippen LogP contribution in [-0.4, -0.2) is 34.5 Å². The first kappa shape index (κ1) is 26.6. The van der Waals surface area contributed by atoms with E-state index in [1.807, 2.05) is 30.3 Å². The van der Waals surface area contributed by atoms with Crippen LogP contribution in [0, 0.1) is 11.8 Å². The Kier molecular flexibility index (Phi) is 12.9. The van der Waals surface area contributed by atoms with Crippen molar-refractivity contribution >= 4 is 15.2 Å². The molecule has 0 saturated heterocycles. The third-order valence-electron chi connectivity index (χ3n) is 5.29. The summed E-state index contributed by atoms with van der Waals surface area (Å²) in [6, 6.07) is 14.2. The molecular weight excluding hydrogens is 387 g/mol. The Morgan fingerprint density at radius 3 is 1.83 bits per heavy atom. The highest BCUT2D eigenvalue weighted by atomic mass is 27.1. The highest BCUT2D eigenvalue weighted by Crippen LogP contribution is 2.35. The lowest BCUT2D eigenvalue weighted by Gasteiger charge is -2.19. The summed E-state index contributed by atoms with van der Waals surface area (Å²) in [5.74, 6) is 3.54. The molecule has 0 saturated carbocycles. The molecular formula is C26H41AlO3. The summed E-state index contributed by atoms with van der Waals surface area (Å²) in [5, 5.41) is 12.7. The molecule has 1 unspecified atom stereocenters. The topological polar surface area (TPSA) is 38.7 Å². The molecule has 0 aliphatic rings. The van der Waals surface area contributed by atoms with Crippen LogP contribution < -0.4 is 9.47 Å². The van der Waals surface area contributed by atoms with E-state index in [-0.39, 0.29) is 12.5 Å². The van der Waals surface area contributed by atoms with E-state index in [1.54, 1.807) is 14.2 Å². The van der Waals surface area contributed by atoms with Gasteiger partial charge in [-0.3, -0.25) is 0 Å². The minimum Gasteiger partial charge on any atom is -0.493 e. The smallest absolute Gasteiger partial charge is 0.237 e. The Balaban J connectivity index is 0.000000424. The van der Waals surface area contributed by atoms with Crippen LogP contribution in [0.1, 0.15) is 57.2 Å². The molecule has 2 aromatic rings. The van der Waals surface area contributed by atoms with Crippen molar-refractivity contribution in [2.24, 2.45) is 11.8 Å². The minimum atomic E-state index is -0.00514. The van der Waals surface area contributed by atoms with Gasteiger partial charge in [0.25, 0.3) is 0 Å². The quantitative estimate of drug-likeness (QED) is 0.464. The number of aliphatic hydroxyl groups is 1. The molecule has 2 aromatic carbocycles. The molecule has 0 spiro atoms. The summed E-state index contributed by atoms with van der Waals surface area (Å²) in [5.41, 5.74) is 3.26. The van der Waals surface area contributed by atoms with Gasteiger partial charge >= 0.3 is 0 Å². The number of hydrogen-bond acceptors (Lipinski definition) is 3. The average molecular weight is 429 g/mol. The van der Waals surface area contributed by atoms with Crippen molar-refractivity contribution in [3.8, 4) is 11.5 Å². The molecule has 2 rings (SSSR count). The fourth-order valence-corrected chi connectivity index (χ4v) is 5.41. The first-order chi connectivity index (χ1) is 14.3. The van der Waals surface area contributed by atoms with Gasteiger partial charge < -0.3 is 14.6 Å². The summed E-state index contributed by atoms with van der Waals surface area (Å²) in [4.78, 5) is 0. The Morgan fingerprint density at radius 2 is 1.37 bits per heavy atom. The fourth-order valence-electron chi connectivity index (χ4n) is 3.54. The molecule has 1 N–H and O–H groups in total. The first-order valence-corrected chi connectivity index (χ1v) is 13.2. The van der Waals surface area contributed by atoms with Crippen LogP contribution in [0.25, 0.3) is 0 Å². The third-order valence-corrected chi connectivity index (χ3v) is 8.42. The third kappa shape index (κ3) is 9.56. The van der Waals surface area contributed by atoms with Gasteiger partial charge in [0.05, 0.1) is 20.8 Å². The molecule has 0 bridgehead atoms. The minimum absolute atomic E-state index is 0.00514. The van der Waals surface area contributed by atoms with E-state index < -0.39 is 0 Å². The maximum atomic E-state index is 9.62. The molecule has 0 aliphatic carbocycles. The number of rotatable bonds is 10. The Bertz CT molecular complexity index is 706. The van der Waals surface area contributed by atoms with Crippen LogP contribution in [0.3, 0.4) is 0 Å². The van der Waals surface area contributed by atoms with Gasteiger partial charge in [0.2, 0.25) is 15.2 Å². The highest BCUT2D eigenvalue weighted by molar-refractivity contribution is 6.35. The van der Waals surface area contributed by atoms with Crippen molar-refractivity contribution in [1.82, 2.24) is 0 Å². The summed E-state index contributed by atoms with van der Waals surface area (Å²) < 4.78 is 10.7. The average Bonchev–Trinajstić information content (AvgIpc) is 2.73. The summed E-state index contributed by atoms with van der Waals surface area (Å²) >= 11 is 0.316. The molecule has 0 radical (unpaired) electrons. The van der Waals surface area contributed by atoms with Crippen LogP contribution in [0.15, 0.2) is 42.5 Å². The van der Waals surface area contributed by atoms with Crippen molar-refractivity contribution in [1.29, 1.82) is 0 Å². The number of ether oxygens (including phenoxy) is 2. The van der Waals surface area contributed by atoms with Crippen LogP contribution in [0.2, 0.25) is 10.6 Å². The predicted octanol–water partition coefficient (Wildman–Crippen LogP) is 6.11. The SMILES string of the molecule is CC(C)[CH2][AlH][CH2]C(C)C.COc1cc(CO)c(C(C)Cc2ccccc2)cc1OC. The number of hydrogen-bond donors (Lipinski definition) is 1. The maximum Gasteiger partial charge on any atom is 0.237 e. The van der Waals surface area contributed by atoms with Crippen molar-refractivity contribution in [3.05, 3.63) is 59.2 Å². The van der Waals surface area contributed by atoms with Gasteiger partial charge in [-0.1, -0.05) is 87.4 Å². The molecule has 3 nitrogen and oxygen atoms in total. The van der Waals surface area contributed by atoms with Crippen LogP contribution >= 0.6 is 0 Å². The predicted molar refractivity (Wildman–Crippen MR) is 130 cm³/mol.